The third-order valence-corrected chi connectivity index (χ3v) is 5.95. The van der Waals surface area contributed by atoms with E-state index in [2.05, 4.69) is 10.3 Å². The van der Waals surface area contributed by atoms with Gasteiger partial charge in [-0.25, -0.2) is 4.39 Å². The summed E-state index contributed by atoms with van der Waals surface area (Å²) in [5.74, 6) is -0.502. The number of hydrogen-bond acceptors (Lipinski definition) is 5. The van der Waals surface area contributed by atoms with E-state index >= 15 is 4.39 Å². The second-order valence-corrected chi connectivity index (χ2v) is 9.35. The highest BCUT2D eigenvalue weighted by Crippen LogP contribution is 2.35. The van der Waals surface area contributed by atoms with Gasteiger partial charge in [0, 0.05) is 34.6 Å². The Balaban J connectivity index is 1.46. The lowest BCUT2D eigenvalue weighted by Crippen LogP contribution is -2.23. The van der Waals surface area contributed by atoms with Crippen LogP contribution in [0.2, 0.25) is 10.0 Å². The molecule has 0 fully saturated rings. The number of carbonyl (C=O) groups excluding carboxylic acids is 1. The molecule has 0 unspecified atom stereocenters. The summed E-state index contributed by atoms with van der Waals surface area (Å²) in [5.41, 5.74) is 1.53. The van der Waals surface area contributed by atoms with Crippen LogP contribution in [0, 0.1) is 17.1 Å². The topological polar surface area (TPSA) is 90.4 Å². The highest BCUT2D eigenvalue weighted by Gasteiger charge is 2.17. The molecule has 190 valence electrons. The second kappa shape index (κ2) is 11.5. The van der Waals surface area contributed by atoms with Crippen LogP contribution in [-0.4, -0.2) is 43.0 Å². The van der Waals surface area contributed by atoms with Gasteiger partial charge in [-0.15, -0.1) is 0 Å². The zero-order valence-corrected chi connectivity index (χ0v) is 21.6. The zero-order chi connectivity index (χ0) is 26.5. The van der Waals surface area contributed by atoms with Gasteiger partial charge in [-0.1, -0.05) is 29.3 Å². The standard InChI is InChI=1S/C27H23Cl2FN4O3/c1-34(2)7-8-36-20-4-6-23-18(11-20)12-24(33-23)27(35)32-15-17-3-5-22(29)26(25(17)30)37-21-10-16(14-31)9-19(28)13-21/h3-6,9-13,33H,7-8,15H2,1-2H3,(H,32,35). The molecule has 0 bridgehead atoms. The molecule has 1 amide bonds. The molecule has 0 aliphatic heterocycles. The van der Waals surface area contributed by atoms with Gasteiger partial charge in [-0.3, -0.25) is 4.79 Å². The van der Waals surface area contributed by atoms with E-state index in [4.69, 9.17) is 37.9 Å². The van der Waals surface area contributed by atoms with Gasteiger partial charge in [0.05, 0.1) is 16.7 Å². The molecule has 2 N–H and O–H groups in total. The first-order valence-electron chi connectivity index (χ1n) is 11.3. The molecule has 0 saturated heterocycles. The Morgan fingerprint density at radius 1 is 1.11 bits per heavy atom. The van der Waals surface area contributed by atoms with E-state index in [-0.39, 0.29) is 39.2 Å². The van der Waals surface area contributed by atoms with E-state index in [1.54, 1.807) is 6.07 Å². The monoisotopic (exact) mass is 540 g/mol. The molecule has 4 rings (SSSR count). The third kappa shape index (κ3) is 6.52. The summed E-state index contributed by atoms with van der Waals surface area (Å²) in [6, 6.07) is 16.5. The quantitative estimate of drug-likeness (QED) is 0.265. The van der Waals surface area contributed by atoms with Crippen molar-refractivity contribution >= 4 is 40.0 Å². The number of aromatic amines is 1. The maximum absolute atomic E-state index is 15.2. The van der Waals surface area contributed by atoms with Crippen molar-refractivity contribution in [3.63, 3.8) is 0 Å². The number of hydrogen-bond donors (Lipinski definition) is 2. The van der Waals surface area contributed by atoms with Crippen molar-refractivity contribution in [3.8, 4) is 23.3 Å². The first-order chi connectivity index (χ1) is 17.7. The van der Waals surface area contributed by atoms with Crippen LogP contribution in [0.25, 0.3) is 10.9 Å². The average Bonchev–Trinajstić information content (AvgIpc) is 3.29. The Labute approximate surface area is 223 Å². The van der Waals surface area contributed by atoms with Gasteiger partial charge in [0.25, 0.3) is 5.91 Å². The fourth-order valence-electron chi connectivity index (χ4n) is 3.55. The van der Waals surface area contributed by atoms with Gasteiger partial charge in [-0.2, -0.15) is 5.26 Å². The lowest BCUT2D eigenvalue weighted by molar-refractivity contribution is 0.0946. The fourth-order valence-corrected chi connectivity index (χ4v) is 3.96. The molecule has 7 nitrogen and oxygen atoms in total. The highest BCUT2D eigenvalue weighted by molar-refractivity contribution is 6.32. The van der Waals surface area contributed by atoms with Crippen molar-refractivity contribution in [2.24, 2.45) is 0 Å². The maximum atomic E-state index is 15.2. The van der Waals surface area contributed by atoms with E-state index in [0.717, 1.165) is 17.4 Å². The lowest BCUT2D eigenvalue weighted by atomic mass is 10.2. The number of benzene rings is 3. The van der Waals surface area contributed by atoms with Crippen LogP contribution in [0.4, 0.5) is 4.39 Å². The number of rotatable bonds is 9. The number of halogens is 3. The van der Waals surface area contributed by atoms with Gasteiger partial charge < -0.3 is 24.7 Å². The van der Waals surface area contributed by atoms with Gasteiger partial charge in [0.1, 0.15) is 23.8 Å². The van der Waals surface area contributed by atoms with Gasteiger partial charge in [-0.05, 0) is 62.6 Å². The number of nitrogens with zero attached hydrogens (tertiary/aromatic N) is 2. The Kier molecular flexibility index (Phi) is 8.19. The fraction of sp³-hybridized carbons (Fsp3) is 0.185. The summed E-state index contributed by atoms with van der Waals surface area (Å²) in [4.78, 5) is 17.9. The van der Waals surface area contributed by atoms with Crippen LogP contribution in [0.15, 0.2) is 54.6 Å². The summed E-state index contributed by atoms with van der Waals surface area (Å²) >= 11 is 12.2. The van der Waals surface area contributed by atoms with Crippen LogP contribution in [0.1, 0.15) is 21.6 Å². The molecule has 1 aromatic heterocycles. The zero-order valence-electron chi connectivity index (χ0n) is 20.1. The smallest absolute Gasteiger partial charge is 0.267 e. The van der Waals surface area contributed by atoms with Crippen molar-refractivity contribution in [1.29, 1.82) is 5.26 Å². The van der Waals surface area contributed by atoms with E-state index < -0.39 is 11.7 Å². The molecule has 0 atom stereocenters. The molecular formula is C27H23Cl2FN4O3. The first-order valence-corrected chi connectivity index (χ1v) is 12.0. The molecular weight excluding hydrogens is 518 g/mol. The largest absolute Gasteiger partial charge is 0.492 e. The number of aromatic nitrogens is 1. The van der Waals surface area contributed by atoms with Crippen molar-refractivity contribution in [2.75, 3.05) is 27.2 Å². The molecule has 1 heterocycles. The number of likely N-dealkylation sites (N-methyl/N-ethyl adjacent to an activating group) is 1. The van der Waals surface area contributed by atoms with Crippen molar-refractivity contribution < 1.29 is 18.7 Å². The molecule has 37 heavy (non-hydrogen) atoms. The summed E-state index contributed by atoms with van der Waals surface area (Å²) in [6.45, 7) is 1.23. The molecule has 3 aromatic carbocycles. The minimum Gasteiger partial charge on any atom is -0.492 e. The normalized spacial score (nSPS) is 10.9. The van der Waals surface area contributed by atoms with E-state index in [1.807, 2.05) is 43.3 Å². The lowest BCUT2D eigenvalue weighted by Gasteiger charge is -2.13. The third-order valence-electron chi connectivity index (χ3n) is 5.43. The molecule has 0 spiro atoms. The highest BCUT2D eigenvalue weighted by atomic mass is 35.5. The second-order valence-electron chi connectivity index (χ2n) is 8.51. The first kappa shape index (κ1) is 26.3. The molecule has 0 saturated carbocycles. The summed E-state index contributed by atoms with van der Waals surface area (Å²) in [6.07, 6.45) is 0. The summed E-state index contributed by atoms with van der Waals surface area (Å²) in [5, 5.41) is 12.9. The minimum absolute atomic E-state index is 0.0327. The van der Waals surface area contributed by atoms with Gasteiger partial charge >= 0.3 is 0 Å². The number of carbonyl (C=O) groups is 1. The Morgan fingerprint density at radius 3 is 2.68 bits per heavy atom. The minimum atomic E-state index is -0.734. The van der Waals surface area contributed by atoms with Crippen molar-refractivity contribution in [2.45, 2.75) is 6.54 Å². The summed E-state index contributed by atoms with van der Waals surface area (Å²) < 4.78 is 26.6. The molecule has 4 aromatic rings. The van der Waals surface area contributed by atoms with E-state index in [9.17, 15) is 4.79 Å². The predicted octanol–water partition coefficient (Wildman–Crippen LogP) is 6.15. The predicted molar refractivity (Wildman–Crippen MR) is 141 cm³/mol. The SMILES string of the molecule is CN(C)CCOc1ccc2[nH]c(C(=O)NCc3ccc(Cl)c(Oc4cc(Cl)cc(C#N)c4)c3F)cc2c1. The summed E-state index contributed by atoms with van der Waals surface area (Å²) in [7, 11) is 3.94. The number of nitriles is 1. The number of H-pyrrole nitrogens is 1. The van der Waals surface area contributed by atoms with Gasteiger partial charge in [0.15, 0.2) is 11.6 Å². The Bertz CT molecular complexity index is 1500. The van der Waals surface area contributed by atoms with Crippen LogP contribution < -0.4 is 14.8 Å². The van der Waals surface area contributed by atoms with E-state index in [1.165, 1.54) is 30.3 Å². The van der Waals surface area contributed by atoms with Crippen molar-refractivity contribution in [3.05, 3.63) is 87.3 Å². The average molecular weight is 541 g/mol. The van der Waals surface area contributed by atoms with Crippen LogP contribution in [-0.2, 0) is 6.54 Å². The van der Waals surface area contributed by atoms with Gasteiger partial charge in [0.2, 0.25) is 0 Å². The van der Waals surface area contributed by atoms with Crippen LogP contribution in [0.3, 0.4) is 0 Å². The number of nitrogens with one attached hydrogen (secondary N) is 2. The molecule has 0 radical (unpaired) electrons. The Morgan fingerprint density at radius 2 is 1.92 bits per heavy atom. The Hall–Kier alpha value is -3.77. The van der Waals surface area contributed by atoms with E-state index in [0.29, 0.717) is 18.1 Å². The number of fused-ring (bicyclic) bond motifs is 1. The maximum Gasteiger partial charge on any atom is 0.267 e. The molecule has 0 aliphatic rings. The van der Waals surface area contributed by atoms with Crippen molar-refractivity contribution in [1.82, 2.24) is 15.2 Å². The van der Waals surface area contributed by atoms with Crippen LogP contribution >= 0.6 is 23.2 Å². The number of ether oxygens (including phenoxy) is 2. The number of amides is 1. The molecule has 0 aliphatic carbocycles. The van der Waals surface area contributed by atoms with Crippen LogP contribution in [0.5, 0.6) is 17.2 Å². The molecule has 10 heteroatoms.